The summed E-state index contributed by atoms with van der Waals surface area (Å²) in [6.45, 7) is 2.05. The van der Waals surface area contributed by atoms with E-state index in [2.05, 4.69) is 14.2 Å². The van der Waals surface area contributed by atoms with Crippen LogP contribution >= 0.6 is 0 Å². The first-order valence-electron chi connectivity index (χ1n) is 9.53. The van der Waals surface area contributed by atoms with Gasteiger partial charge in [-0.05, 0) is 41.8 Å². The summed E-state index contributed by atoms with van der Waals surface area (Å²) in [6.07, 6.45) is -5.93. The van der Waals surface area contributed by atoms with Crippen molar-refractivity contribution in [2.24, 2.45) is 0 Å². The molecule has 3 aromatic carbocycles. The first-order valence-corrected chi connectivity index (χ1v) is 9.53. The fraction of sp³-hybridized carbons (Fsp3) is 0.217. The number of benzene rings is 3. The maximum atomic E-state index is 14.6. The van der Waals surface area contributed by atoms with Crippen molar-refractivity contribution in [1.29, 1.82) is 0 Å². The van der Waals surface area contributed by atoms with Gasteiger partial charge in [-0.25, -0.2) is 4.39 Å². The number of halogens is 5. The van der Waals surface area contributed by atoms with Crippen LogP contribution in [-0.4, -0.2) is 6.29 Å². The lowest BCUT2D eigenvalue weighted by atomic mass is 10.0. The average molecular weight is 436 g/mol. The largest absolute Gasteiger partial charge is 0.586 e. The highest BCUT2D eigenvalue weighted by Crippen LogP contribution is 2.44. The molecule has 31 heavy (non-hydrogen) atoms. The second kappa shape index (κ2) is 7.76. The van der Waals surface area contributed by atoms with Gasteiger partial charge in [0, 0.05) is 11.6 Å². The molecule has 0 fully saturated rings. The molecule has 0 aromatic heterocycles. The summed E-state index contributed by atoms with van der Waals surface area (Å²) in [5.41, 5.74) is 1.11. The molecule has 0 saturated carbocycles. The minimum Gasteiger partial charge on any atom is -0.429 e. The van der Waals surface area contributed by atoms with Crippen LogP contribution in [0, 0.1) is 5.82 Å². The zero-order chi connectivity index (χ0) is 22.2. The molecule has 0 N–H and O–H groups in total. The Balaban J connectivity index is 1.54. The van der Waals surface area contributed by atoms with Crippen LogP contribution in [0.4, 0.5) is 22.0 Å². The summed E-state index contributed by atoms with van der Waals surface area (Å²) >= 11 is 0. The number of alkyl halides is 4. The van der Waals surface area contributed by atoms with Crippen LogP contribution in [-0.2, 0) is 12.5 Å². The van der Waals surface area contributed by atoms with E-state index in [0.717, 1.165) is 42.7 Å². The van der Waals surface area contributed by atoms with Gasteiger partial charge in [0.25, 0.3) is 0 Å². The molecule has 1 heterocycles. The van der Waals surface area contributed by atoms with E-state index in [-0.39, 0.29) is 11.3 Å². The molecule has 0 bridgehead atoms. The third-order valence-corrected chi connectivity index (χ3v) is 4.73. The maximum absolute atomic E-state index is 14.6. The molecule has 3 aromatic rings. The minimum absolute atomic E-state index is 0.174. The Labute approximate surface area is 175 Å². The summed E-state index contributed by atoms with van der Waals surface area (Å²) in [7, 11) is 0. The van der Waals surface area contributed by atoms with E-state index in [1.807, 2.05) is 19.1 Å². The van der Waals surface area contributed by atoms with Crippen molar-refractivity contribution in [1.82, 2.24) is 0 Å². The van der Waals surface area contributed by atoms with Gasteiger partial charge in [0.15, 0.2) is 11.5 Å². The molecular weight excluding hydrogens is 419 g/mol. The summed E-state index contributed by atoms with van der Waals surface area (Å²) in [6, 6.07) is 13.1. The van der Waals surface area contributed by atoms with Gasteiger partial charge in [0.1, 0.15) is 11.6 Å². The quantitative estimate of drug-likeness (QED) is 0.394. The molecule has 3 nitrogen and oxygen atoms in total. The Hall–Kier alpha value is -3.29. The van der Waals surface area contributed by atoms with Crippen LogP contribution in [0.15, 0.2) is 60.7 Å². The monoisotopic (exact) mass is 436 g/mol. The fourth-order valence-corrected chi connectivity index (χ4v) is 3.27. The molecule has 0 atom stereocenters. The zero-order valence-electron chi connectivity index (χ0n) is 16.3. The van der Waals surface area contributed by atoms with E-state index in [0.29, 0.717) is 11.6 Å². The Morgan fingerprint density at radius 3 is 2.29 bits per heavy atom. The van der Waals surface area contributed by atoms with Crippen molar-refractivity contribution in [3.63, 3.8) is 0 Å². The van der Waals surface area contributed by atoms with E-state index in [1.54, 1.807) is 12.1 Å². The van der Waals surface area contributed by atoms with Crippen LogP contribution in [0.1, 0.15) is 24.5 Å². The smallest absolute Gasteiger partial charge is 0.429 e. The van der Waals surface area contributed by atoms with Crippen molar-refractivity contribution < 1.29 is 36.2 Å². The van der Waals surface area contributed by atoms with Gasteiger partial charge in [-0.15, -0.1) is 8.78 Å². The first kappa shape index (κ1) is 21.0. The predicted molar refractivity (Wildman–Crippen MR) is 103 cm³/mol. The molecule has 1 aliphatic rings. The number of hydrogen-bond donors (Lipinski definition) is 0. The van der Waals surface area contributed by atoms with Gasteiger partial charge in [-0.3, -0.25) is 0 Å². The standard InChI is InChI=1S/C23H17F5O3/c1-2-3-14-4-6-15(7-5-14)18-10-8-16(12-19(18)24)22(25,26)29-17-9-11-20-21(13-17)31-23(27,28)30-20/h4-13H,2-3H2,1H3. The molecule has 0 amide bonds. The van der Waals surface area contributed by atoms with Crippen molar-refractivity contribution >= 4 is 0 Å². The molecule has 162 valence electrons. The second-order valence-electron chi connectivity index (χ2n) is 7.04. The molecule has 8 heteroatoms. The van der Waals surface area contributed by atoms with Crippen LogP contribution in [0.25, 0.3) is 11.1 Å². The Kier molecular flexibility index (Phi) is 5.24. The number of ether oxygens (including phenoxy) is 3. The first-order chi connectivity index (χ1) is 14.7. The van der Waals surface area contributed by atoms with Crippen LogP contribution in [0.2, 0.25) is 0 Å². The van der Waals surface area contributed by atoms with Crippen molar-refractivity contribution in [3.05, 3.63) is 77.6 Å². The van der Waals surface area contributed by atoms with E-state index in [1.165, 1.54) is 6.07 Å². The Bertz CT molecular complexity index is 1100. The lowest BCUT2D eigenvalue weighted by Gasteiger charge is -2.19. The summed E-state index contributed by atoms with van der Waals surface area (Å²) in [4.78, 5) is 0. The van der Waals surface area contributed by atoms with Crippen LogP contribution in [0.5, 0.6) is 17.2 Å². The third kappa shape index (κ3) is 4.42. The normalized spacial score (nSPS) is 14.5. The van der Waals surface area contributed by atoms with Gasteiger partial charge in [-0.1, -0.05) is 43.7 Å². The predicted octanol–water partition coefficient (Wildman–Crippen LogP) is 6.90. The summed E-state index contributed by atoms with van der Waals surface area (Å²) < 4.78 is 83.0. The fourth-order valence-electron chi connectivity index (χ4n) is 3.27. The minimum atomic E-state index is -3.92. The molecule has 0 radical (unpaired) electrons. The topological polar surface area (TPSA) is 27.7 Å². The second-order valence-corrected chi connectivity index (χ2v) is 7.04. The highest BCUT2D eigenvalue weighted by atomic mass is 19.3. The van der Waals surface area contributed by atoms with E-state index in [9.17, 15) is 22.0 Å². The zero-order valence-corrected chi connectivity index (χ0v) is 16.3. The highest BCUT2D eigenvalue weighted by Gasteiger charge is 2.44. The van der Waals surface area contributed by atoms with Gasteiger partial charge >= 0.3 is 12.4 Å². The van der Waals surface area contributed by atoms with Crippen LogP contribution in [0.3, 0.4) is 0 Å². The molecule has 0 unspecified atom stereocenters. The van der Waals surface area contributed by atoms with Gasteiger partial charge in [-0.2, -0.15) is 8.78 Å². The number of hydrogen-bond acceptors (Lipinski definition) is 3. The SMILES string of the molecule is CCCc1ccc(-c2ccc(C(F)(F)Oc3ccc4c(c3)OC(F)(F)O4)cc2F)cc1. The maximum Gasteiger partial charge on any atom is 0.586 e. The molecule has 0 saturated heterocycles. The molecule has 4 rings (SSSR count). The average Bonchev–Trinajstić information content (AvgIpc) is 3.01. The Morgan fingerprint density at radius 2 is 1.61 bits per heavy atom. The van der Waals surface area contributed by atoms with Crippen molar-refractivity contribution in [2.75, 3.05) is 0 Å². The van der Waals surface area contributed by atoms with Crippen molar-refractivity contribution in [3.8, 4) is 28.4 Å². The van der Waals surface area contributed by atoms with Gasteiger partial charge < -0.3 is 14.2 Å². The highest BCUT2D eigenvalue weighted by molar-refractivity contribution is 5.65. The molecular formula is C23H17F5O3. The lowest BCUT2D eigenvalue weighted by molar-refractivity contribution is -0.286. The summed E-state index contributed by atoms with van der Waals surface area (Å²) in [5.74, 6) is -2.03. The van der Waals surface area contributed by atoms with Gasteiger partial charge in [0.05, 0.1) is 5.56 Å². The molecule has 0 spiro atoms. The van der Waals surface area contributed by atoms with E-state index < -0.39 is 35.3 Å². The number of fused-ring (bicyclic) bond motifs is 1. The van der Waals surface area contributed by atoms with Crippen LogP contribution < -0.4 is 14.2 Å². The van der Waals surface area contributed by atoms with E-state index in [4.69, 9.17) is 0 Å². The molecule has 1 aliphatic heterocycles. The van der Waals surface area contributed by atoms with Crippen molar-refractivity contribution in [2.45, 2.75) is 32.2 Å². The number of rotatable bonds is 6. The Morgan fingerprint density at radius 1 is 0.903 bits per heavy atom. The third-order valence-electron chi connectivity index (χ3n) is 4.73. The van der Waals surface area contributed by atoms with E-state index >= 15 is 0 Å². The lowest BCUT2D eigenvalue weighted by Crippen LogP contribution is -2.25. The summed E-state index contributed by atoms with van der Waals surface area (Å²) in [5, 5.41) is 0. The van der Waals surface area contributed by atoms with Gasteiger partial charge in [0.2, 0.25) is 0 Å². The number of aryl methyl sites for hydroxylation is 1. The molecule has 0 aliphatic carbocycles.